The highest BCUT2D eigenvalue weighted by Crippen LogP contribution is 2.20. The van der Waals surface area contributed by atoms with Gasteiger partial charge >= 0.3 is 5.97 Å². The second kappa shape index (κ2) is 9.69. The maximum absolute atomic E-state index is 12.7. The van der Waals surface area contributed by atoms with Gasteiger partial charge in [-0.25, -0.2) is 13.2 Å². The monoisotopic (exact) mass is 426 g/mol. The molecule has 1 aromatic rings. The number of amides is 1. The lowest BCUT2D eigenvalue weighted by Crippen LogP contribution is -2.49. The lowest BCUT2D eigenvalue weighted by Gasteiger charge is -2.35. The molecule has 1 saturated heterocycles. The van der Waals surface area contributed by atoms with Crippen LogP contribution in [0.25, 0.3) is 0 Å². The number of ether oxygens (including phenoxy) is 2. The first-order chi connectivity index (χ1) is 13.6. The minimum Gasteiger partial charge on any atom is -0.452 e. The number of hydrogen-bond acceptors (Lipinski definition) is 6. The summed E-state index contributed by atoms with van der Waals surface area (Å²) in [4.78, 5) is 26.6. The van der Waals surface area contributed by atoms with E-state index in [2.05, 4.69) is 0 Å². The van der Waals surface area contributed by atoms with Crippen molar-refractivity contribution in [3.05, 3.63) is 29.3 Å². The number of aryl methyl sites for hydroxylation is 1. The number of rotatable bonds is 7. The van der Waals surface area contributed by atoms with Crippen LogP contribution in [0.5, 0.6) is 0 Å². The number of carbonyl (C=O) groups is 2. The van der Waals surface area contributed by atoms with Crippen LogP contribution in [0.3, 0.4) is 0 Å². The quantitative estimate of drug-likeness (QED) is 0.618. The highest BCUT2D eigenvalue weighted by Gasteiger charge is 2.27. The van der Waals surface area contributed by atoms with Crippen molar-refractivity contribution >= 4 is 21.9 Å². The van der Waals surface area contributed by atoms with E-state index < -0.39 is 22.6 Å². The molecule has 8 nitrogen and oxygen atoms in total. The molecule has 1 aliphatic heterocycles. The standard InChI is InChI=1S/C20H30N2O6S/c1-6-22(7-2)29(25,26)17-9-8-14(3)18(10-17)20(24)27-13-19(23)21-11-15(4)28-16(5)12-21/h8-10,15-16H,6-7,11-13H2,1-5H3/t15-,16+. The minimum atomic E-state index is -3.70. The average Bonchev–Trinajstić information content (AvgIpc) is 2.66. The van der Waals surface area contributed by atoms with Gasteiger partial charge in [-0.2, -0.15) is 4.31 Å². The van der Waals surface area contributed by atoms with Gasteiger partial charge in [0.05, 0.1) is 22.7 Å². The molecule has 0 radical (unpaired) electrons. The highest BCUT2D eigenvalue weighted by molar-refractivity contribution is 7.89. The summed E-state index contributed by atoms with van der Waals surface area (Å²) in [7, 11) is -3.70. The second-order valence-electron chi connectivity index (χ2n) is 7.20. The van der Waals surface area contributed by atoms with Gasteiger partial charge in [0.2, 0.25) is 10.0 Å². The Morgan fingerprint density at radius 2 is 1.76 bits per heavy atom. The third-order valence-electron chi connectivity index (χ3n) is 4.87. The molecule has 0 aliphatic carbocycles. The fraction of sp³-hybridized carbons (Fsp3) is 0.600. The Labute approximate surface area is 172 Å². The zero-order valence-corrected chi connectivity index (χ0v) is 18.5. The molecule has 0 aromatic heterocycles. The lowest BCUT2D eigenvalue weighted by molar-refractivity contribution is -0.146. The molecule has 29 heavy (non-hydrogen) atoms. The Morgan fingerprint density at radius 1 is 1.17 bits per heavy atom. The molecule has 0 N–H and O–H groups in total. The average molecular weight is 427 g/mol. The van der Waals surface area contributed by atoms with Gasteiger partial charge in [0.25, 0.3) is 5.91 Å². The van der Waals surface area contributed by atoms with Crippen LogP contribution in [-0.4, -0.2) is 74.5 Å². The molecule has 1 fully saturated rings. The molecular weight excluding hydrogens is 396 g/mol. The van der Waals surface area contributed by atoms with Crippen LogP contribution in [-0.2, 0) is 24.3 Å². The van der Waals surface area contributed by atoms with Crippen molar-refractivity contribution in [2.45, 2.75) is 51.7 Å². The molecule has 1 amide bonds. The number of morpholine rings is 1. The topological polar surface area (TPSA) is 93.2 Å². The van der Waals surface area contributed by atoms with Crippen LogP contribution in [0.1, 0.15) is 43.6 Å². The third-order valence-corrected chi connectivity index (χ3v) is 6.92. The van der Waals surface area contributed by atoms with Gasteiger partial charge in [-0.15, -0.1) is 0 Å². The summed E-state index contributed by atoms with van der Waals surface area (Å²) < 4.78 is 37.5. The van der Waals surface area contributed by atoms with E-state index in [0.29, 0.717) is 31.7 Å². The van der Waals surface area contributed by atoms with E-state index >= 15 is 0 Å². The van der Waals surface area contributed by atoms with E-state index in [9.17, 15) is 18.0 Å². The Balaban J connectivity index is 2.12. The van der Waals surface area contributed by atoms with Gasteiger partial charge in [0, 0.05) is 26.2 Å². The predicted molar refractivity (Wildman–Crippen MR) is 108 cm³/mol. The van der Waals surface area contributed by atoms with Gasteiger partial charge in [0.1, 0.15) is 0 Å². The number of nitrogens with zero attached hydrogens (tertiary/aromatic N) is 2. The van der Waals surface area contributed by atoms with Crippen molar-refractivity contribution in [3.8, 4) is 0 Å². The zero-order valence-electron chi connectivity index (χ0n) is 17.7. The summed E-state index contributed by atoms with van der Waals surface area (Å²) in [6.07, 6.45) is -0.162. The second-order valence-corrected chi connectivity index (χ2v) is 9.14. The van der Waals surface area contributed by atoms with Crippen LogP contribution in [0.15, 0.2) is 23.1 Å². The van der Waals surface area contributed by atoms with Crippen LogP contribution < -0.4 is 0 Å². The Kier molecular flexibility index (Phi) is 7.79. The molecule has 9 heteroatoms. The summed E-state index contributed by atoms with van der Waals surface area (Å²) in [6.45, 7) is 10.1. The van der Waals surface area contributed by atoms with E-state index in [4.69, 9.17) is 9.47 Å². The van der Waals surface area contributed by atoms with Crippen LogP contribution >= 0.6 is 0 Å². The largest absolute Gasteiger partial charge is 0.452 e. The van der Waals surface area contributed by atoms with E-state index in [0.717, 1.165) is 0 Å². The fourth-order valence-corrected chi connectivity index (χ4v) is 4.86. The Morgan fingerprint density at radius 3 is 2.31 bits per heavy atom. The summed E-state index contributed by atoms with van der Waals surface area (Å²) in [5, 5.41) is 0. The first-order valence-corrected chi connectivity index (χ1v) is 11.2. The zero-order chi connectivity index (χ0) is 21.8. The van der Waals surface area contributed by atoms with Gasteiger partial charge in [-0.1, -0.05) is 19.9 Å². The molecule has 1 heterocycles. The smallest absolute Gasteiger partial charge is 0.338 e. The number of sulfonamides is 1. The number of carbonyl (C=O) groups excluding carboxylic acids is 2. The third kappa shape index (κ3) is 5.55. The predicted octanol–water partition coefficient (Wildman–Crippen LogP) is 1.82. The molecule has 0 saturated carbocycles. The van der Waals surface area contributed by atoms with Crippen LogP contribution in [0.4, 0.5) is 0 Å². The molecule has 0 spiro atoms. The Hall–Kier alpha value is -1.97. The molecular formula is C20H30N2O6S. The van der Waals surface area contributed by atoms with Crippen LogP contribution in [0.2, 0.25) is 0 Å². The first-order valence-electron chi connectivity index (χ1n) is 9.81. The fourth-order valence-electron chi connectivity index (χ4n) is 3.37. The molecule has 2 rings (SSSR count). The molecule has 162 valence electrons. The lowest BCUT2D eigenvalue weighted by atomic mass is 10.1. The summed E-state index contributed by atoms with van der Waals surface area (Å²) in [5.41, 5.74) is 0.712. The van der Waals surface area contributed by atoms with Crippen molar-refractivity contribution in [1.82, 2.24) is 9.21 Å². The van der Waals surface area contributed by atoms with Crippen LogP contribution in [0, 0.1) is 6.92 Å². The van der Waals surface area contributed by atoms with Crippen molar-refractivity contribution in [3.63, 3.8) is 0 Å². The first kappa shape index (κ1) is 23.3. The number of hydrogen-bond donors (Lipinski definition) is 0. The van der Waals surface area contributed by atoms with Gasteiger partial charge < -0.3 is 14.4 Å². The van der Waals surface area contributed by atoms with E-state index in [1.807, 2.05) is 13.8 Å². The van der Waals surface area contributed by atoms with Crippen molar-refractivity contribution in [2.75, 3.05) is 32.8 Å². The van der Waals surface area contributed by atoms with E-state index in [-0.39, 0.29) is 28.6 Å². The van der Waals surface area contributed by atoms with E-state index in [1.165, 1.54) is 16.4 Å². The number of esters is 1. The normalized spacial score (nSPS) is 20.0. The summed E-state index contributed by atoms with van der Waals surface area (Å²) in [5.74, 6) is -1.02. The molecule has 2 atom stereocenters. The molecule has 1 aliphatic rings. The SMILES string of the molecule is CCN(CC)S(=O)(=O)c1ccc(C)c(C(=O)OCC(=O)N2C[C@@H](C)O[C@@H](C)C2)c1. The van der Waals surface area contributed by atoms with Gasteiger partial charge in [-0.3, -0.25) is 4.79 Å². The van der Waals surface area contributed by atoms with Crippen molar-refractivity contribution in [2.24, 2.45) is 0 Å². The maximum Gasteiger partial charge on any atom is 0.338 e. The van der Waals surface area contributed by atoms with Gasteiger partial charge in [0.15, 0.2) is 6.61 Å². The number of benzene rings is 1. The summed E-state index contributed by atoms with van der Waals surface area (Å²) >= 11 is 0. The van der Waals surface area contributed by atoms with Crippen molar-refractivity contribution in [1.29, 1.82) is 0 Å². The minimum absolute atomic E-state index is 0.0286. The molecule has 0 bridgehead atoms. The van der Waals surface area contributed by atoms with Crippen molar-refractivity contribution < 1.29 is 27.5 Å². The van der Waals surface area contributed by atoms with Gasteiger partial charge in [-0.05, 0) is 38.5 Å². The highest BCUT2D eigenvalue weighted by atomic mass is 32.2. The Bertz CT molecular complexity index is 841. The molecule has 0 unspecified atom stereocenters. The van der Waals surface area contributed by atoms with E-state index in [1.54, 1.807) is 31.7 Å². The summed E-state index contributed by atoms with van der Waals surface area (Å²) in [6, 6.07) is 4.36. The molecule has 1 aromatic carbocycles. The maximum atomic E-state index is 12.7.